The number of carboxylic acid groups (broad SMARTS) is 2. The number of hydrogen-bond acceptors (Lipinski definition) is 6. The molecule has 0 saturated heterocycles. The number of methoxy groups -OCH3 is 1. The summed E-state index contributed by atoms with van der Waals surface area (Å²) in [5.74, 6) is -1.44. The number of nitrogens with one attached hydrogen (secondary N) is 1. The SMILES string of the molecule is COc1cc(CNc2ncc(-c3ccc(Cl)cc3)n2C)ccc1OCc1ccccc1.O=C(O)C(=O)O. The number of rotatable bonds is 8. The molecule has 4 rings (SSSR count). The Kier molecular flexibility index (Phi) is 9.51. The van der Waals surface area contributed by atoms with E-state index in [2.05, 4.69) is 10.3 Å². The number of anilines is 1. The van der Waals surface area contributed by atoms with Gasteiger partial charge in [-0.2, -0.15) is 0 Å². The van der Waals surface area contributed by atoms with Gasteiger partial charge in [0.25, 0.3) is 0 Å². The minimum Gasteiger partial charge on any atom is -0.493 e. The molecule has 4 aromatic rings. The first-order chi connectivity index (χ1) is 17.8. The Hall–Kier alpha value is -4.50. The Labute approximate surface area is 218 Å². The molecule has 0 aliphatic carbocycles. The molecule has 1 aromatic heterocycles. The van der Waals surface area contributed by atoms with Crippen LogP contribution >= 0.6 is 11.6 Å². The van der Waals surface area contributed by atoms with Crippen molar-refractivity contribution in [1.82, 2.24) is 9.55 Å². The van der Waals surface area contributed by atoms with Crippen molar-refractivity contribution in [2.24, 2.45) is 7.05 Å². The summed E-state index contributed by atoms with van der Waals surface area (Å²) in [5, 5.41) is 18.9. The minimum absolute atomic E-state index is 0.496. The van der Waals surface area contributed by atoms with E-state index in [-0.39, 0.29) is 0 Å². The van der Waals surface area contributed by atoms with Gasteiger partial charge in [-0.05, 0) is 41.0 Å². The third-order valence-electron chi connectivity index (χ3n) is 5.23. The summed E-state index contributed by atoms with van der Waals surface area (Å²) < 4.78 is 13.5. The summed E-state index contributed by atoms with van der Waals surface area (Å²) in [5.41, 5.74) is 4.26. The number of carbonyl (C=O) groups is 2. The van der Waals surface area contributed by atoms with Crippen molar-refractivity contribution in [3.8, 4) is 22.8 Å². The van der Waals surface area contributed by atoms with Gasteiger partial charge in [-0.25, -0.2) is 14.6 Å². The highest BCUT2D eigenvalue weighted by molar-refractivity contribution is 6.30. The van der Waals surface area contributed by atoms with Crippen LogP contribution in [0.4, 0.5) is 5.95 Å². The second-order valence-corrected chi connectivity index (χ2v) is 8.19. The Morgan fingerprint density at radius 3 is 2.24 bits per heavy atom. The Balaban J connectivity index is 0.000000568. The summed E-state index contributed by atoms with van der Waals surface area (Å²) in [6.45, 7) is 1.11. The van der Waals surface area contributed by atoms with Gasteiger partial charge in [-0.1, -0.05) is 60.1 Å². The molecule has 37 heavy (non-hydrogen) atoms. The molecule has 9 nitrogen and oxygen atoms in total. The predicted molar refractivity (Wildman–Crippen MR) is 140 cm³/mol. The van der Waals surface area contributed by atoms with E-state index in [0.717, 1.165) is 39.1 Å². The molecule has 0 unspecified atom stereocenters. The van der Waals surface area contributed by atoms with E-state index < -0.39 is 11.9 Å². The maximum absolute atomic E-state index is 9.10. The molecule has 3 aromatic carbocycles. The fraction of sp³-hybridized carbons (Fsp3) is 0.148. The largest absolute Gasteiger partial charge is 0.493 e. The lowest BCUT2D eigenvalue weighted by Gasteiger charge is -2.13. The number of halogens is 1. The van der Waals surface area contributed by atoms with Gasteiger partial charge in [-0.15, -0.1) is 0 Å². The normalized spacial score (nSPS) is 10.1. The van der Waals surface area contributed by atoms with E-state index in [1.807, 2.05) is 90.6 Å². The van der Waals surface area contributed by atoms with E-state index in [1.54, 1.807) is 7.11 Å². The summed E-state index contributed by atoms with van der Waals surface area (Å²) in [4.78, 5) is 22.7. The average Bonchev–Trinajstić information content (AvgIpc) is 3.27. The molecule has 0 amide bonds. The number of aliphatic carboxylic acids is 2. The number of hydrogen-bond donors (Lipinski definition) is 3. The van der Waals surface area contributed by atoms with Crippen LogP contribution in [0.5, 0.6) is 11.5 Å². The van der Waals surface area contributed by atoms with Crippen molar-refractivity contribution in [2.45, 2.75) is 13.2 Å². The second kappa shape index (κ2) is 13.0. The van der Waals surface area contributed by atoms with Gasteiger partial charge in [0, 0.05) is 18.6 Å². The molecular weight excluding hydrogens is 498 g/mol. The van der Waals surface area contributed by atoms with Crippen molar-refractivity contribution in [2.75, 3.05) is 12.4 Å². The molecule has 0 atom stereocenters. The van der Waals surface area contributed by atoms with E-state index in [4.69, 9.17) is 40.9 Å². The van der Waals surface area contributed by atoms with Crippen LogP contribution < -0.4 is 14.8 Å². The summed E-state index contributed by atoms with van der Waals surface area (Å²) in [6, 6.07) is 23.8. The molecular formula is C27H26ClN3O6. The maximum Gasteiger partial charge on any atom is 0.414 e. The van der Waals surface area contributed by atoms with Crippen LogP contribution in [0.3, 0.4) is 0 Å². The Morgan fingerprint density at radius 2 is 1.62 bits per heavy atom. The van der Waals surface area contributed by atoms with Crippen molar-refractivity contribution in [3.05, 3.63) is 95.1 Å². The van der Waals surface area contributed by atoms with Crippen molar-refractivity contribution in [3.63, 3.8) is 0 Å². The highest BCUT2D eigenvalue weighted by Crippen LogP contribution is 2.29. The number of nitrogens with zero attached hydrogens (tertiary/aromatic N) is 2. The highest BCUT2D eigenvalue weighted by Gasteiger charge is 2.10. The predicted octanol–water partition coefficient (Wildman–Crippen LogP) is 5.10. The third-order valence-corrected chi connectivity index (χ3v) is 5.48. The first kappa shape index (κ1) is 27.1. The molecule has 0 radical (unpaired) electrons. The second-order valence-electron chi connectivity index (χ2n) is 7.76. The van der Waals surface area contributed by atoms with E-state index >= 15 is 0 Å². The zero-order valence-electron chi connectivity index (χ0n) is 20.2. The molecule has 0 aliphatic rings. The van der Waals surface area contributed by atoms with Crippen LogP contribution in [0, 0.1) is 0 Å². The fourth-order valence-corrected chi connectivity index (χ4v) is 3.45. The van der Waals surface area contributed by atoms with E-state index in [1.165, 1.54) is 0 Å². The maximum atomic E-state index is 9.10. The quantitative estimate of drug-likeness (QED) is 0.273. The highest BCUT2D eigenvalue weighted by atomic mass is 35.5. The summed E-state index contributed by atoms with van der Waals surface area (Å²) >= 11 is 5.99. The molecule has 0 fully saturated rings. The molecule has 0 aliphatic heterocycles. The first-order valence-electron chi connectivity index (χ1n) is 11.1. The van der Waals surface area contributed by atoms with Gasteiger partial charge in [0.2, 0.25) is 5.95 Å². The lowest BCUT2D eigenvalue weighted by molar-refractivity contribution is -0.159. The standard InChI is InChI=1S/C25H24ClN3O2.C2H2O4/c1-29-22(20-9-11-21(26)12-10-20)16-28-25(29)27-15-19-8-13-23(24(14-19)30-2)31-17-18-6-4-3-5-7-18;3-1(4)2(5)6/h3-14,16H,15,17H2,1-2H3,(H,27,28);(H,3,4)(H,5,6). The zero-order valence-corrected chi connectivity index (χ0v) is 21.0. The average molecular weight is 524 g/mol. The Morgan fingerprint density at radius 1 is 0.946 bits per heavy atom. The Bertz CT molecular complexity index is 1330. The van der Waals surface area contributed by atoms with E-state index in [0.29, 0.717) is 18.9 Å². The molecule has 1 heterocycles. The first-order valence-corrected chi connectivity index (χ1v) is 11.5. The zero-order chi connectivity index (χ0) is 26.8. The smallest absolute Gasteiger partial charge is 0.414 e. The van der Waals surface area contributed by atoms with Gasteiger partial charge in [0.15, 0.2) is 11.5 Å². The number of carboxylic acids is 2. The monoisotopic (exact) mass is 523 g/mol. The van der Waals surface area contributed by atoms with Crippen LogP contribution in [0.25, 0.3) is 11.3 Å². The van der Waals surface area contributed by atoms with Crippen LogP contribution in [0.1, 0.15) is 11.1 Å². The van der Waals surface area contributed by atoms with Gasteiger partial charge in [0.05, 0.1) is 19.0 Å². The van der Waals surface area contributed by atoms with Crippen LogP contribution in [-0.4, -0.2) is 38.8 Å². The van der Waals surface area contributed by atoms with Crippen LogP contribution in [0.2, 0.25) is 5.02 Å². The molecule has 3 N–H and O–H groups in total. The van der Waals surface area contributed by atoms with Crippen LogP contribution in [-0.2, 0) is 29.8 Å². The summed E-state index contributed by atoms with van der Waals surface area (Å²) in [6.07, 6.45) is 1.85. The molecule has 0 bridgehead atoms. The summed E-state index contributed by atoms with van der Waals surface area (Å²) in [7, 11) is 3.64. The lowest BCUT2D eigenvalue weighted by atomic mass is 10.2. The molecule has 192 valence electrons. The number of ether oxygens (including phenoxy) is 2. The molecule has 10 heteroatoms. The topological polar surface area (TPSA) is 123 Å². The molecule has 0 spiro atoms. The van der Waals surface area contributed by atoms with Gasteiger partial charge >= 0.3 is 11.9 Å². The number of aromatic nitrogens is 2. The third kappa shape index (κ3) is 7.74. The van der Waals surface area contributed by atoms with Crippen molar-refractivity contribution < 1.29 is 29.3 Å². The number of benzene rings is 3. The van der Waals surface area contributed by atoms with E-state index in [9.17, 15) is 0 Å². The van der Waals surface area contributed by atoms with Crippen molar-refractivity contribution >= 4 is 29.5 Å². The number of imidazole rings is 1. The fourth-order valence-electron chi connectivity index (χ4n) is 3.32. The van der Waals surface area contributed by atoms with Gasteiger partial charge < -0.3 is 29.6 Å². The van der Waals surface area contributed by atoms with Crippen LogP contribution in [0.15, 0.2) is 79.0 Å². The molecule has 0 saturated carbocycles. The van der Waals surface area contributed by atoms with Crippen molar-refractivity contribution in [1.29, 1.82) is 0 Å². The lowest BCUT2D eigenvalue weighted by Crippen LogP contribution is -2.09. The van der Waals surface area contributed by atoms with Gasteiger partial charge in [0.1, 0.15) is 6.61 Å². The van der Waals surface area contributed by atoms with Gasteiger partial charge in [-0.3, -0.25) is 0 Å². The minimum atomic E-state index is -1.82.